The zero-order valence-electron chi connectivity index (χ0n) is 14.3. The number of nitrogens with zero attached hydrogens (tertiary/aromatic N) is 3. The molecule has 0 bridgehead atoms. The second kappa shape index (κ2) is 6.93. The SMILES string of the molecule is C/C(=N/NC(=N)N)c1cn(S(=O)(=O)c2ccccc2)c2ccc(C#N)cc12. The molecule has 3 aromatic rings. The first kappa shape index (κ1) is 18.2. The van der Waals surface area contributed by atoms with Crippen LogP contribution in [0.3, 0.4) is 0 Å². The number of guanidine groups is 1. The standard InChI is InChI=1S/C18H16N6O2S/c1-12(22-23-18(20)21)16-11-24(17-8-7-13(10-19)9-15(16)17)27(25,26)14-5-3-2-4-6-14/h2-9,11H,1H3,(H4,20,21,23)/b22-12-. The second-order valence-electron chi connectivity index (χ2n) is 5.72. The van der Waals surface area contributed by atoms with Crippen LogP contribution in [0.25, 0.3) is 10.9 Å². The highest BCUT2D eigenvalue weighted by Crippen LogP contribution is 2.27. The highest BCUT2D eigenvalue weighted by Gasteiger charge is 2.22. The maximum absolute atomic E-state index is 13.1. The lowest BCUT2D eigenvalue weighted by Crippen LogP contribution is -2.26. The van der Waals surface area contributed by atoms with Gasteiger partial charge in [-0.05, 0) is 37.3 Å². The monoisotopic (exact) mass is 380 g/mol. The summed E-state index contributed by atoms with van der Waals surface area (Å²) < 4.78 is 27.4. The molecule has 9 heteroatoms. The molecule has 2 aromatic carbocycles. The summed E-state index contributed by atoms with van der Waals surface area (Å²) in [5, 5.41) is 20.9. The maximum atomic E-state index is 13.1. The number of benzene rings is 2. The van der Waals surface area contributed by atoms with Crippen molar-refractivity contribution in [3.63, 3.8) is 0 Å². The smallest absolute Gasteiger partial charge is 0.268 e. The van der Waals surface area contributed by atoms with Gasteiger partial charge in [0, 0.05) is 17.1 Å². The fourth-order valence-electron chi connectivity index (χ4n) is 2.67. The van der Waals surface area contributed by atoms with Crippen molar-refractivity contribution in [3.8, 4) is 6.07 Å². The highest BCUT2D eigenvalue weighted by atomic mass is 32.2. The number of aromatic nitrogens is 1. The van der Waals surface area contributed by atoms with Crippen LogP contribution in [-0.2, 0) is 10.0 Å². The van der Waals surface area contributed by atoms with Crippen LogP contribution in [0.4, 0.5) is 0 Å². The molecule has 0 saturated carbocycles. The maximum Gasteiger partial charge on any atom is 0.268 e. The highest BCUT2D eigenvalue weighted by molar-refractivity contribution is 7.90. The molecule has 136 valence electrons. The molecular formula is C18H16N6O2S. The van der Waals surface area contributed by atoms with Crippen LogP contribution in [0.1, 0.15) is 18.1 Å². The van der Waals surface area contributed by atoms with Gasteiger partial charge in [-0.2, -0.15) is 10.4 Å². The number of rotatable bonds is 4. The minimum absolute atomic E-state index is 0.147. The van der Waals surface area contributed by atoms with Crippen molar-refractivity contribution in [2.45, 2.75) is 11.8 Å². The van der Waals surface area contributed by atoms with Gasteiger partial charge in [0.25, 0.3) is 10.0 Å². The lowest BCUT2D eigenvalue weighted by Gasteiger charge is -2.07. The Morgan fingerprint density at radius 3 is 2.59 bits per heavy atom. The number of fused-ring (bicyclic) bond motifs is 1. The largest absolute Gasteiger partial charge is 0.369 e. The van der Waals surface area contributed by atoms with E-state index in [0.29, 0.717) is 27.7 Å². The summed E-state index contributed by atoms with van der Waals surface area (Å²) in [5.74, 6) is -0.340. The fourth-order valence-corrected chi connectivity index (χ4v) is 4.06. The average molecular weight is 380 g/mol. The molecule has 0 aliphatic carbocycles. The van der Waals surface area contributed by atoms with Gasteiger partial charge < -0.3 is 5.73 Å². The van der Waals surface area contributed by atoms with E-state index < -0.39 is 10.0 Å². The van der Waals surface area contributed by atoms with Crippen LogP contribution in [0.5, 0.6) is 0 Å². The molecule has 27 heavy (non-hydrogen) atoms. The summed E-state index contributed by atoms with van der Waals surface area (Å²) in [6, 6.07) is 14.9. The van der Waals surface area contributed by atoms with Crippen LogP contribution in [-0.4, -0.2) is 24.1 Å². The van der Waals surface area contributed by atoms with E-state index in [-0.39, 0.29) is 10.9 Å². The summed E-state index contributed by atoms with van der Waals surface area (Å²) in [7, 11) is -3.84. The van der Waals surface area contributed by atoms with Crippen molar-refractivity contribution in [2.24, 2.45) is 10.8 Å². The second-order valence-corrected chi connectivity index (χ2v) is 7.54. The van der Waals surface area contributed by atoms with E-state index in [0.717, 1.165) is 0 Å². The van der Waals surface area contributed by atoms with Gasteiger partial charge in [0.15, 0.2) is 0 Å². The number of nitrogens with two attached hydrogens (primary N) is 1. The van der Waals surface area contributed by atoms with Crippen LogP contribution < -0.4 is 11.2 Å². The molecule has 1 heterocycles. The van der Waals surface area contributed by atoms with Crippen molar-refractivity contribution in [3.05, 3.63) is 65.9 Å². The third-order valence-electron chi connectivity index (χ3n) is 3.93. The van der Waals surface area contributed by atoms with Crippen LogP contribution in [0.15, 0.2) is 64.7 Å². The molecule has 0 amide bonds. The third kappa shape index (κ3) is 3.38. The predicted molar refractivity (Wildman–Crippen MR) is 103 cm³/mol. The first-order chi connectivity index (χ1) is 12.8. The predicted octanol–water partition coefficient (Wildman–Crippen LogP) is 1.96. The van der Waals surface area contributed by atoms with Crippen LogP contribution in [0.2, 0.25) is 0 Å². The summed E-state index contributed by atoms with van der Waals surface area (Å²) in [6.07, 6.45) is 1.45. The minimum atomic E-state index is -3.84. The van der Waals surface area contributed by atoms with E-state index >= 15 is 0 Å². The first-order valence-electron chi connectivity index (χ1n) is 7.85. The Hall–Kier alpha value is -3.64. The van der Waals surface area contributed by atoms with E-state index in [1.165, 1.54) is 22.3 Å². The fraction of sp³-hybridized carbons (Fsp3) is 0.0556. The number of hydrazone groups is 1. The molecule has 0 saturated heterocycles. The molecule has 1 aromatic heterocycles. The number of nitriles is 1. The van der Waals surface area contributed by atoms with Gasteiger partial charge >= 0.3 is 0 Å². The van der Waals surface area contributed by atoms with Gasteiger partial charge in [-0.3, -0.25) is 5.41 Å². The van der Waals surface area contributed by atoms with Gasteiger partial charge in [0.1, 0.15) is 0 Å². The third-order valence-corrected chi connectivity index (χ3v) is 5.62. The first-order valence-corrected chi connectivity index (χ1v) is 9.29. The molecule has 0 unspecified atom stereocenters. The Balaban J connectivity index is 2.28. The van der Waals surface area contributed by atoms with Gasteiger partial charge in [-0.15, -0.1) is 0 Å². The molecule has 4 N–H and O–H groups in total. The van der Waals surface area contributed by atoms with Crippen molar-refractivity contribution >= 4 is 32.6 Å². The lowest BCUT2D eigenvalue weighted by molar-refractivity contribution is 0.589. The molecule has 0 radical (unpaired) electrons. The van der Waals surface area contributed by atoms with Gasteiger partial charge in [0.05, 0.1) is 27.8 Å². The Labute approximate surface area is 156 Å². The lowest BCUT2D eigenvalue weighted by atomic mass is 10.1. The van der Waals surface area contributed by atoms with Gasteiger partial charge in [-0.1, -0.05) is 18.2 Å². The summed E-state index contributed by atoms with van der Waals surface area (Å²) in [5.41, 5.74) is 9.34. The molecule has 0 fully saturated rings. The van der Waals surface area contributed by atoms with Crippen LogP contribution >= 0.6 is 0 Å². The molecule has 8 nitrogen and oxygen atoms in total. The Kier molecular flexibility index (Phi) is 4.66. The van der Waals surface area contributed by atoms with Crippen LogP contribution in [0, 0.1) is 16.7 Å². The average Bonchev–Trinajstić information content (AvgIpc) is 3.06. The number of hydrogen-bond acceptors (Lipinski definition) is 5. The molecule has 0 atom stereocenters. The van der Waals surface area contributed by atoms with E-state index in [9.17, 15) is 13.7 Å². The van der Waals surface area contributed by atoms with E-state index in [4.69, 9.17) is 11.1 Å². The molecule has 0 spiro atoms. The topological polar surface area (TPSA) is 137 Å². The van der Waals surface area contributed by atoms with Crippen molar-refractivity contribution < 1.29 is 8.42 Å². The Morgan fingerprint density at radius 2 is 1.96 bits per heavy atom. The Bertz CT molecular complexity index is 1200. The number of nitrogens with one attached hydrogen (secondary N) is 2. The van der Waals surface area contributed by atoms with E-state index in [2.05, 4.69) is 10.5 Å². The quantitative estimate of drug-likeness (QED) is 0.361. The van der Waals surface area contributed by atoms with Crippen molar-refractivity contribution in [1.29, 1.82) is 10.7 Å². The Morgan fingerprint density at radius 1 is 1.26 bits per heavy atom. The van der Waals surface area contributed by atoms with Crippen molar-refractivity contribution in [1.82, 2.24) is 9.40 Å². The molecular weight excluding hydrogens is 364 g/mol. The molecule has 3 rings (SSSR count). The van der Waals surface area contributed by atoms with E-state index in [1.54, 1.807) is 43.3 Å². The van der Waals surface area contributed by atoms with Gasteiger partial charge in [0.2, 0.25) is 5.96 Å². The zero-order chi connectivity index (χ0) is 19.6. The normalized spacial score (nSPS) is 11.9. The summed E-state index contributed by atoms with van der Waals surface area (Å²) >= 11 is 0. The van der Waals surface area contributed by atoms with E-state index in [1.807, 2.05) is 6.07 Å². The summed E-state index contributed by atoms with van der Waals surface area (Å²) in [6.45, 7) is 1.66. The number of hydrogen-bond donors (Lipinski definition) is 3. The molecule has 0 aliphatic rings. The summed E-state index contributed by atoms with van der Waals surface area (Å²) in [4.78, 5) is 0.147. The minimum Gasteiger partial charge on any atom is -0.369 e. The molecule has 0 aliphatic heterocycles. The van der Waals surface area contributed by atoms with Gasteiger partial charge in [-0.25, -0.2) is 17.8 Å². The zero-order valence-corrected chi connectivity index (χ0v) is 15.2. The van der Waals surface area contributed by atoms with Crippen molar-refractivity contribution in [2.75, 3.05) is 0 Å².